The van der Waals surface area contributed by atoms with Crippen molar-refractivity contribution < 1.29 is 0 Å². The molecular weight excluding hydrogens is 346 g/mol. The lowest BCUT2D eigenvalue weighted by Crippen LogP contribution is -1.91. The van der Waals surface area contributed by atoms with Crippen molar-refractivity contribution in [2.24, 2.45) is 0 Å². The van der Waals surface area contributed by atoms with Gasteiger partial charge in [-0.1, -0.05) is 12.1 Å². The van der Waals surface area contributed by atoms with Gasteiger partial charge in [0.1, 0.15) is 5.69 Å². The minimum atomic E-state index is 0.848. The Kier molecular flexibility index (Phi) is 3.10. The van der Waals surface area contributed by atoms with Crippen LogP contribution in [0.15, 0.2) is 91.5 Å². The molecule has 6 aromatic rings. The minimum absolute atomic E-state index is 0.848. The van der Waals surface area contributed by atoms with Gasteiger partial charge in [-0.15, -0.1) is 0 Å². The predicted molar refractivity (Wildman–Crippen MR) is 110 cm³/mol. The van der Waals surface area contributed by atoms with Crippen LogP contribution in [0.1, 0.15) is 0 Å². The summed E-state index contributed by atoms with van der Waals surface area (Å²) in [6.07, 6.45) is 7.88. The van der Waals surface area contributed by atoms with E-state index in [0.29, 0.717) is 0 Å². The average molecular weight is 361 g/mol. The summed E-state index contributed by atoms with van der Waals surface area (Å²) in [6, 6.07) is 22.6. The molecule has 0 radical (unpaired) electrons. The molecule has 0 aliphatic rings. The van der Waals surface area contributed by atoms with Crippen LogP contribution >= 0.6 is 0 Å². The number of pyridine rings is 4. The molecule has 0 saturated heterocycles. The number of hydrogen-bond acceptors (Lipinski definition) is 3. The topological polar surface area (TPSA) is 47.5 Å². The van der Waals surface area contributed by atoms with E-state index in [2.05, 4.69) is 51.0 Å². The number of nitrogens with zero attached hydrogens (tertiary/aromatic N) is 5. The molecule has 0 bridgehead atoms. The molecule has 0 amide bonds. The van der Waals surface area contributed by atoms with E-state index in [1.54, 1.807) is 0 Å². The first-order chi connectivity index (χ1) is 13.8. The first-order valence-electron chi connectivity index (χ1n) is 9.12. The SMILES string of the molecule is c1ccn2nc(-c3ccc4cc(-c5ccn6cccc6c5)ncc4n3)cc2c1. The van der Waals surface area contributed by atoms with Gasteiger partial charge in [0.2, 0.25) is 0 Å². The highest BCUT2D eigenvalue weighted by atomic mass is 15.2. The van der Waals surface area contributed by atoms with Crippen molar-refractivity contribution in [1.82, 2.24) is 24.0 Å². The van der Waals surface area contributed by atoms with Crippen LogP contribution in [0.3, 0.4) is 0 Å². The Labute approximate surface area is 160 Å². The van der Waals surface area contributed by atoms with Crippen molar-refractivity contribution in [2.75, 3.05) is 0 Å². The number of aromatic nitrogens is 5. The number of rotatable bonds is 2. The fourth-order valence-corrected chi connectivity index (χ4v) is 3.58. The lowest BCUT2D eigenvalue weighted by molar-refractivity contribution is 0.963. The molecule has 0 aromatic carbocycles. The van der Waals surface area contributed by atoms with Crippen molar-refractivity contribution in [3.8, 4) is 22.6 Å². The van der Waals surface area contributed by atoms with Crippen LogP contribution in [-0.2, 0) is 0 Å². The second kappa shape index (κ2) is 5.76. The maximum atomic E-state index is 4.77. The smallest absolute Gasteiger partial charge is 0.112 e. The predicted octanol–water partition coefficient (Wildman–Crippen LogP) is 4.86. The highest BCUT2D eigenvalue weighted by Gasteiger charge is 2.08. The zero-order valence-electron chi connectivity index (χ0n) is 14.9. The molecule has 0 aliphatic carbocycles. The van der Waals surface area contributed by atoms with Gasteiger partial charge >= 0.3 is 0 Å². The first kappa shape index (κ1) is 15.1. The van der Waals surface area contributed by atoms with E-state index in [-0.39, 0.29) is 0 Å². The zero-order chi connectivity index (χ0) is 18.5. The molecule has 132 valence electrons. The van der Waals surface area contributed by atoms with E-state index >= 15 is 0 Å². The first-order valence-corrected chi connectivity index (χ1v) is 9.12. The molecule has 0 unspecified atom stereocenters. The largest absolute Gasteiger partial charge is 0.324 e. The Morgan fingerprint density at radius 2 is 1.64 bits per heavy atom. The molecule has 6 aromatic heterocycles. The Balaban J connectivity index is 1.43. The maximum Gasteiger partial charge on any atom is 0.112 e. The highest BCUT2D eigenvalue weighted by Crippen LogP contribution is 2.25. The second-order valence-corrected chi connectivity index (χ2v) is 6.81. The summed E-state index contributed by atoms with van der Waals surface area (Å²) in [6.45, 7) is 0. The van der Waals surface area contributed by atoms with Gasteiger partial charge < -0.3 is 4.40 Å². The van der Waals surface area contributed by atoms with Gasteiger partial charge in [0, 0.05) is 35.1 Å². The zero-order valence-corrected chi connectivity index (χ0v) is 14.9. The van der Waals surface area contributed by atoms with Crippen LogP contribution in [0, 0.1) is 0 Å². The molecule has 28 heavy (non-hydrogen) atoms. The van der Waals surface area contributed by atoms with Crippen molar-refractivity contribution in [3.05, 3.63) is 91.5 Å². The van der Waals surface area contributed by atoms with E-state index in [9.17, 15) is 0 Å². The summed E-state index contributed by atoms with van der Waals surface area (Å²) in [5.74, 6) is 0. The van der Waals surface area contributed by atoms with Crippen molar-refractivity contribution >= 4 is 21.9 Å². The van der Waals surface area contributed by atoms with Gasteiger partial charge in [-0.3, -0.25) is 4.98 Å². The Morgan fingerprint density at radius 1 is 0.679 bits per heavy atom. The third kappa shape index (κ3) is 2.37. The molecule has 6 rings (SSSR count). The minimum Gasteiger partial charge on any atom is -0.324 e. The lowest BCUT2D eigenvalue weighted by atomic mass is 10.1. The quantitative estimate of drug-likeness (QED) is 0.442. The summed E-state index contributed by atoms with van der Waals surface area (Å²) < 4.78 is 3.95. The molecule has 6 heterocycles. The van der Waals surface area contributed by atoms with Gasteiger partial charge in [0.25, 0.3) is 0 Å². The molecule has 5 nitrogen and oxygen atoms in total. The van der Waals surface area contributed by atoms with E-state index in [0.717, 1.165) is 44.6 Å². The van der Waals surface area contributed by atoms with E-state index in [4.69, 9.17) is 4.98 Å². The molecule has 5 heteroatoms. The third-order valence-corrected chi connectivity index (χ3v) is 5.03. The Bertz CT molecular complexity index is 1400. The van der Waals surface area contributed by atoms with Gasteiger partial charge in [-0.25, -0.2) is 9.50 Å². The standard InChI is InChI=1S/C23H15N5/c1-2-10-28-19(4-1)14-22(26-28)20-7-6-16-13-21(24-15-23(16)25-20)17-8-11-27-9-3-5-18(27)12-17/h1-15H. The summed E-state index contributed by atoms with van der Waals surface area (Å²) in [5, 5.41) is 5.67. The summed E-state index contributed by atoms with van der Waals surface area (Å²) >= 11 is 0. The van der Waals surface area contributed by atoms with Gasteiger partial charge in [0.05, 0.1) is 28.6 Å². The van der Waals surface area contributed by atoms with Crippen LogP contribution in [0.2, 0.25) is 0 Å². The summed E-state index contributed by atoms with van der Waals surface area (Å²) in [4.78, 5) is 9.42. The molecule has 0 atom stereocenters. The Morgan fingerprint density at radius 3 is 2.61 bits per heavy atom. The molecule has 0 spiro atoms. The van der Waals surface area contributed by atoms with Crippen molar-refractivity contribution in [2.45, 2.75) is 0 Å². The molecule has 0 saturated carbocycles. The highest BCUT2D eigenvalue weighted by molar-refractivity contribution is 5.84. The molecular formula is C23H15N5. The summed E-state index contributed by atoms with van der Waals surface area (Å²) in [7, 11) is 0. The van der Waals surface area contributed by atoms with E-state index < -0.39 is 0 Å². The van der Waals surface area contributed by atoms with Gasteiger partial charge in [-0.05, 0) is 54.6 Å². The van der Waals surface area contributed by atoms with E-state index in [1.807, 2.05) is 59.5 Å². The van der Waals surface area contributed by atoms with Crippen LogP contribution in [0.5, 0.6) is 0 Å². The second-order valence-electron chi connectivity index (χ2n) is 6.81. The maximum absolute atomic E-state index is 4.77. The lowest BCUT2D eigenvalue weighted by Gasteiger charge is -2.05. The van der Waals surface area contributed by atoms with E-state index in [1.165, 1.54) is 0 Å². The third-order valence-electron chi connectivity index (χ3n) is 5.03. The number of hydrogen-bond donors (Lipinski definition) is 0. The normalized spacial score (nSPS) is 11.6. The van der Waals surface area contributed by atoms with Crippen LogP contribution in [-0.4, -0.2) is 24.0 Å². The fraction of sp³-hybridized carbons (Fsp3) is 0. The van der Waals surface area contributed by atoms with Crippen LogP contribution < -0.4 is 0 Å². The Hall–Kier alpha value is -3.99. The average Bonchev–Trinajstić information content (AvgIpc) is 3.39. The molecule has 0 N–H and O–H groups in total. The van der Waals surface area contributed by atoms with Crippen LogP contribution in [0.4, 0.5) is 0 Å². The molecule has 0 aliphatic heterocycles. The summed E-state index contributed by atoms with van der Waals surface area (Å²) in [5.41, 5.74) is 6.81. The fourth-order valence-electron chi connectivity index (χ4n) is 3.58. The molecule has 0 fully saturated rings. The van der Waals surface area contributed by atoms with Crippen molar-refractivity contribution in [3.63, 3.8) is 0 Å². The van der Waals surface area contributed by atoms with Gasteiger partial charge in [0.15, 0.2) is 0 Å². The monoisotopic (exact) mass is 361 g/mol. The number of fused-ring (bicyclic) bond motifs is 3. The van der Waals surface area contributed by atoms with Crippen LogP contribution in [0.25, 0.3) is 44.6 Å². The van der Waals surface area contributed by atoms with Gasteiger partial charge in [-0.2, -0.15) is 5.10 Å². The van der Waals surface area contributed by atoms with Crippen molar-refractivity contribution in [1.29, 1.82) is 0 Å².